The summed E-state index contributed by atoms with van der Waals surface area (Å²) >= 11 is 0. The molecule has 0 aliphatic carbocycles. The molecule has 1 aromatic carbocycles. The number of benzene rings is 1. The number of carbonyl (C=O) groups is 2. The first-order chi connectivity index (χ1) is 15.9. The molecule has 0 radical (unpaired) electrons. The van der Waals surface area contributed by atoms with Crippen molar-refractivity contribution in [2.75, 3.05) is 13.2 Å². The smallest absolute Gasteiger partial charge is 0.243 e. The molecule has 4 atom stereocenters. The molecule has 0 heterocycles. The third-order valence-electron chi connectivity index (χ3n) is 5.95. The van der Waals surface area contributed by atoms with Crippen LogP contribution in [0.3, 0.4) is 0 Å². The number of nitrogens with zero attached hydrogens (tertiary/aromatic N) is 3. The van der Waals surface area contributed by atoms with Crippen molar-refractivity contribution in [2.24, 2.45) is 16.8 Å². The fraction of sp³-hybridized carbons (Fsp3) is 0.680. The number of hydrogen-bond acceptors (Lipinski definition) is 5. The van der Waals surface area contributed by atoms with Crippen molar-refractivity contribution in [3.05, 3.63) is 46.3 Å². The van der Waals surface area contributed by atoms with Crippen molar-refractivity contribution in [1.82, 2.24) is 10.6 Å². The van der Waals surface area contributed by atoms with E-state index in [0.717, 1.165) is 5.56 Å². The summed E-state index contributed by atoms with van der Waals surface area (Å²) in [5.41, 5.74) is 14.7. The average Bonchev–Trinajstić information content (AvgIpc) is 2.77. The van der Waals surface area contributed by atoms with Gasteiger partial charge in [-0.05, 0) is 58.1 Å². The Morgan fingerprint density at radius 1 is 1.12 bits per heavy atom. The van der Waals surface area contributed by atoms with Crippen molar-refractivity contribution in [2.45, 2.75) is 90.4 Å². The summed E-state index contributed by atoms with van der Waals surface area (Å²) in [6.07, 6.45) is 2.12. The highest BCUT2D eigenvalue weighted by Crippen LogP contribution is 2.22. The molecule has 0 saturated heterocycles. The van der Waals surface area contributed by atoms with Gasteiger partial charge in [0.2, 0.25) is 11.8 Å². The Bertz CT molecular complexity index is 816. The first kappa shape index (κ1) is 29.4. The molecule has 2 unspecified atom stereocenters. The molecule has 2 amide bonds. The maximum Gasteiger partial charge on any atom is 0.243 e. The molecule has 1 aromatic rings. The van der Waals surface area contributed by atoms with Gasteiger partial charge in [0.1, 0.15) is 6.04 Å². The van der Waals surface area contributed by atoms with Crippen molar-refractivity contribution < 1.29 is 14.3 Å². The molecule has 190 valence electrons. The zero-order valence-corrected chi connectivity index (χ0v) is 21.5. The van der Waals surface area contributed by atoms with Gasteiger partial charge in [-0.2, -0.15) is 0 Å². The van der Waals surface area contributed by atoms with Crippen molar-refractivity contribution >= 4 is 11.8 Å². The number of nitrogens with two attached hydrogens (primary N) is 1. The standard InChI is InChI=1S/C25H42N6O3/c1-7-19(14-15-28-31-27)29-23(33)21(16-18-12-10-9-11-13-18)30-22(32)20(25(6,26)8-2)17-34-24(3,4)5/h9-13,19-21H,7-8,14-17,26H2,1-6H3,(H,29,33)(H,30,32)/t19?,20-,21-,25?/m0/s1. The molecule has 9 nitrogen and oxygen atoms in total. The summed E-state index contributed by atoms with van der Waals surface area (Å²) in [4.78, 5) is 29.5. The number of rotatable bonds is 14. The van der Waals surface area contributed by atoms with E-state index in [0.29, 0.717) is 32.2 Å². The van der Waals surface area contributed by atoms with Crippen LogP contribution in [-0.4, -0.2) is 48.2 Å². The monoisotopic (exact) mass is 474 g/mol. The molecule has 1 rings (SSSR count). The van der Waals surface area contributed by atoms with Crippen LogP contribution < -0.4 is 16.4 Å². The van der Waals surface area contributed by atoms with Crippen LogP contribution in [0.5, 0.6) is 0 Å². The summed E-state index contributed by atoms with van der Waals surface area (Å²) in [5, 5.41) is 9.50. The lowest BCUT2D eigenvalue weighted by Gasteiger charge is -2.35. The summed E-state index contributed by atoms with van der Waals surface area (Å²) in [5.74, 6) is -1.22. The highest BCUT2D eigenvalue weighted by Gasteiger charge is 2.37. The third-order valence-corrected chi connectivity index (χ3v) is 5.95. The van der Waals surface area contributed by atoms with Gasteiger partial charge in [0.25, 0.3) is 0 Å². The van der Waals surface area contributed by atoms with E-state index in [1.54, 1.807) is 0 Å². The maximum atomic E-state index is 13.4. The van der Waals surface area contributed by atoms with Crippen molar-refractivity contribution in [3.63, 3.8) is 0 Å². The second kappa shape index (κ2) is 13.9. The number of ether oxygens (including phenoxy) is 1. The van der Waals surface area contributed by atoms with E-state index in [9.17, 15) is 9.59 Å². The predicted octanol–water partition coefficient (Wildman–Crippen LogP) is 3.87. The quantitative estimate of drug-likeness (QED) is 0.214. The number of nitrogens with one attached hydrogen (secondary N) is 2. The van der Waals surface area contributed by atoms with Gasteiger partial charge in [-0.25, -0.2) is 0 Å². The van der Waals surface area contributed by atoms with Gasteiger partial charge >= 0.3 is 0 Å². The van der Waals surface area contributed by atoms with Crippen LogP contribution in [0.25, 0.3) is 10.4 Å². The molecule has 0 aliphatic heterocycles. The van der Waals surface area contributed by atoms with E-state index in [-0.39, 0.29) is 24.5 Å². The normalized spacial score (nSPS) is 15.9. The molecule has 0 bridgehead atoms. The van der Waals surface area contributed by atoms with E-state index in [4.69, 9.17) is 16.0 Å². The molecular formula is C25H42N6O3. The fourth-order valence-corrected chi connectivity index (χ4v) is 3.42. The Labute approximate surface area is 203 Å². The summed E-state index contributed by atoms with van der Waals surface area (Å²) in [7, 11) is 0. The molecule has 0 saturated carbocycles. The van der Waals surface area contributed by atoms with Crippen molar-refractivity contribution in [1.29, 1.82) is 0 Å². The summed E-state index contributed by atoms with van der Waals surface area (Å²) < 4.78 is 5.92. The maximum absolute atomic E-state index is 13.4. The van der Waals surface area contributed by atoms with E-state index in [1.165, 1.54) is 0 Å². The number of hydrogen-bond donors (Lipinski definition) is 3. The van der Waals surface area contributed by atoms with Crippen LogP contribution in [0.4, 0.5) is 0 Å². The van der Waals surface area contributed by atoms with Gasteiger partial charge in [-0.1, -0.05) is 49.3 Å². The molecule has 34 heavy (non-hydrogen) atoms. The SMILES string of the molecule is CCC(CCN=[N+]=[N-])NC(=O)[C@H](Cc1ccccc1)NC(=O)[C@H](COC(C)(C)C)C(C)(N)CC. The predicted molar refractivity (Wildman–Crippen MR) is 135 cm³/mol. The van der Waals surface area contributed by atoms with Crippen LogP contribution >= 0.6 is 0 Å². The average molecular weight is 475 g/mol. The van der Waals surface area contributed by atoms with Gasteiger partial charge in [0.15, 0.2) is 0 Å². The topological polar surface area (TPSA) is 142 Å². The van der Waals surface area contributed by atoms with Crippen LogP contribution in [0.15, 0.2) is 35.4 Å². The Morgan fingerprint density at radius 3 is 2.29 bits per heavy atom. The second-order valence-electron chi connectivity index (χ2n) is 9.94. The Balaban J connectivity index is 3.10. The highest BCUT2D eigenvalue weighted by molar-refractivity contribution is 5.89. The molecular weight excluding hydrogens is 432 g/mol. The van der Waals surface area contributed by atoms with Gasteiger partial charge in [0.05, 0.1) is 18.1 Å². The first-order valence-corrected chi connectivity index (χ1v) is 12.0. The minimum Gasteiger partial charge on any atom is -0.375 e. The lowest BCUT2D eigenvalue weighted by Crippen LogP contribution is -2.58. The number of carbonyl (C=O) groups excluding carboxylic acids is 2. The Hall–Kier alpha value is -2.61. The molecule has 0 fully saturated rings. The lowest BCUT2D eigenvalue weighted by atomic mass is 9.83. The van der Waals surface area contributed by atoms with Crippen LogP contribution in [-0.2, 0) is 20.7 Å². The van der Waals surface area contributed by atoms with E-state index >= 15 is 0 Å². The highest BCUT2D eigenvalue weighted by atomic mass is 16.5. The molecule has 0 aromatic heterocycles. The van der Waals surface area contributed by atoms with Crippen LogP contribution in [0, 0.1) is 5.92 Å². The minimum atomic E-state index is -0.801. The Kier molecular flexibility index (Phi) is 12.1. The minimum absolute atomic E-state index is 0.152. The van der Waals surface area contributed by atoms with Gasteiger partial charge in [0, 0.05) is 29.5 Å². The van der Waals surface area contributed by atoms with Gasteiger partial charge in [-0.3, -0.25) is 9.59 Å². The largest absolute Gasteiger partial charge is 0.375 e. The summed E-state index contributed by atoms with van der Waals surface area (Å²) in [6, 6.07) is 8.59. The number of azide groups is 1. The van der Waals surface area contributed by atoms with E-state index < -0.39 is 23.1 Å². The molecule has 0 aliphatic rings. The van der Waals surface area contributed by atoms with Crippen LogP contribution in [0.2, 0.25) is 0 Å². The zero-order valence-electron chi connectivity index (χ0n) is 21.5. The van der Waals surface area contributed by atoms with Crippen LogP contribution in [0.1, 0.15) is 66.4 Å². The van der Waals surface area contributed by atoms with Crippen molar-refractivity contribution in [3.8, 4) is 0 Å². The fourth-order valence-electron chi connectivity index (χ4n) is 3.42. The molecule has 4 N–H and O–H groups in total. The first-order valence-electron chi connectivity index (χ1n) is 12.0. The van der Waals surface area contributed by atoms with E-state index in [1.807, 2.05) is 71.9 Å². The van der Waals surface area contributed by atoms with E-state index in [2.05, 4.69) is 20.7 Å². The molecule has 0 spiro atoms. The van der Waals surface area contributed by atoms with Gasteiger partial charge < -0.3 is 21.1 Å². The van der Waals surface area contributed by atoms with Gasteiger partial charge in [-0.15, -0.1) is 0 Å². The third kappa shape index (κ3) is 10.5. The Morgan fingerprint density at radius 2 is 1.76 bits per heavy atom. The zero-order chi connectivity index (χ0) is 25.8. The summed E-state index contributed by atoms with van der Waals surface area (Å²) in [6.45, 7) is 11.9. The lowest BCUT2D eigenvalue weighted by molar-refractivity contribution is -0.136. The number of amides is 2. The molecule has 9 heteroatoms. The second-order valence-corrected chi connectivity index (χ2v) is 9.94.